The van der Waals surface area contributed by atoms with Crippen LogP contribution in [0.1, 0.15) is 24.8 Å². The molecule has 166 valence electrons. The van der Waals surface area contributed by atoms with Crippen LogP contribution in [-0.2, 0) is 9.53 Å². The van der Waals surface area contributed by atoms with Crippen molar-refractivity contribution in [3.8, 4) is 0 Å². The lowest BCUT2D eigenvalue weighted by Gasteiger charge is -2.21. The zero-order valence-electron chi connectivity index (χ0n) is 17.5. The fraction of sp³-hybridized carbons (Fsp3) is 0.364. The largest absolute Gasteiger partial charge is 0.442 e. The van der Waals surface area contributed by atoms with Crippen LogP contribution in [-0.4, -0.2) is 59.7 Å². The van der Waals surface area contributed by atoms with Crippen LogP contribution >= 0.6 is 0 Å². The number of hydrogen-bond donors (Lipinski definition) is 2. The Hall–Kier alpha value is -3.69. The summed E-state index contributed by atoms with van der Waals surface area (Å²) in [4.78, 5) is 26.7. The third-order valence-corrected chi connectivity index (χ3v) is 6.05. The van der Waals surface area contributed by atoms with E-state index in [4.69, 9.17) is 4.74 Å². The second-order valence-electron chi connectivity index (χ2n) is 8.18. The van der Waals surface area contributed by atoms with E-state index in [2.05, 4.69) is 26.8 Å². The Labute approximate surface area is 183 Å². The van der Waals surface area contributed by atoms with Crippen molar-refractivity contribution >= 4 is 34.4 Å². The van der Waals surface area contributed by atoms with E-state index in [0.29, 0.717) is 17.9 Å². The summed E-state index contributed by atoms with van der Waals surface area (Å²) in [6.07, 6.45) is -0.127. The Morgan fingerprint density at radius 3 is 3.00 bits per heavy atom. The van der Waals surface area contributed by atoms with Crippen molar-refractivity contribution in [3.05, 3.63) is 47.8 Å². The monoisotopic (exact) mass is 438 g/mol. The third-order valence-electron chi connectivity index (χ3n) is 6.05. The highest BCUT2D eigenvalue weighted by Gasteiger charge is 2.33. The minimum absolute atomic E-state index is 0.196. The van der Waals surface area contributed by atoms with Crippen LogP contribution in [0.2, 0.25) is 0 Å². The highest BCUT2D eigenvalue weighted by atomic mass is 19.1. The molecule has 2 aliphatic heterocycles. The van der Waals surface area contributed by atoms with Crippen molar-refractivity contribution in [1.82, 2.24) is 20.7 Å². The quantitative estimate of drug-likeness (QED) is 0.635. The van der Waals surface area contributed by atoms with Gasteiger partial charge in [0.2, 0.25) is 5.91 Å². The molecule has 5 rings (SSSR count). The SMILES string of the molecule is CC(=O)NC[C@H]1CN(c2ccc(N3CCC(c4cccc5[nH]nnc45)C3)c(F)c2)C(=O)O1. The molecule has 10 heteroatoms. The molecule has 0 bridgehead atoms. The molecule has 2 saturated heterocycles. The first-order valence-electron chi connectivity index (χ1n) is 10.6. The van der Waals surface area contributed by atoms with Crippen molar-refractivity contribution in [1.29, 1.82) is 0 Å². The van der Waals surface area contributed by atoms with E-state index in [1.165, 1.54) is 17.9 Å². The number of benzene rings is 2. The van der Waals surface area contributed by atoms with Gasteiger partial charge in [-0.3, -0.25) is 14.8 Å². The molecule has 2 aromatic carbocycles. The fourth-order valence-electron chi connectivity index (χ4n) is 4.47. The molecule has 1 unspecified atom stereocenters. The van der Waals surface area contributed by atoms with E-state index in [9.17, 15) is 9.59 Å². The minimum atomic E-state index is -0.547. The van der Waals surface area contributed by atoms with E-state index in [1.54, 1.807) is 12.1 Å². The van der Waals surface area contributed by atoms with Gasteiger partial charge in [-0.05, 0) is 36.2 Å². The van der Waals surface area contributed by atoms with Crippen LogP contribution in [0.5, 0.6) is 0 Å². The lowest BCUT2D eigenvalue weighted by molar-refractivity contribution is -0.119. The summed E-state index contributed by atoms with van der Waals surface area (Å²) in [6, 6.07) is 10.8. The van der Waals surface area contributed by atoms with Crippen LogP contribution in [0.15, 0.2) is 36.4 Å². The molecule has 0 aliphatic carbocycles. The molecule has 1 aromatic heterocycles. The van der Waals surface area contributed by atoms with Crippen LogP contribution in [0.4, 0.5) is 20.6 Å². The van der Waals surface area contributed by atoms with Crippen LogP contribution in [0.3, 0.4) is 0 Å². The van der Waals surface area contributed by atoms with Gasteiger partial charge in [-0.1, -0.05) is 17.3 Å². The third kappa shape index (κ3) is 3.72. The van der Waals surface area contributed by atoms with Crippen molar-refractivity contribution in [2.24, 2.45) is 0 Å². The highest BCUT2D eigenvalue weighted by Crippen LogP contribution is 2.35. The molecule has 2 amide bonds. The van der Waals surface area contributed by atoms with Crippen molar-refractivity contribution < 1.29 is 18.7 Å². The summed E-state index contributed by atoms with van der Waals surface area (Å²) in [6.45, 7) is 3.28. The van der Waals surface area contributed by atoms with Gasteiger partial charge in [0.15, 0.2) is 0 Å². The molecule has 0 radical (unpaired) electrons. The Balaban J connectivity index is 1.29. The fourth-order valence-corrected chi connectivity index (χ4v) is 4.47. The maximum atomic E-state index is 15.1. The van der Waals surface area contributed by atoms with Gasteiger partial charge < -0.3 is 15.0 Å². The predicted octanol–water partition coefficient (Wildman–Crippen LogP) is 2.55. The molecule has 2 N–H and O–H groups in total. The van der Waals surface area contributed by atoms with Gasteiger partial charge in [0.1, 0.15) is 17.4 Å². The van der Waals surface area contributed by atoms with Crippen LogP contribution in [0, 0.1) is 5.82 Å². The van der Waals surface area contributed by atoms with Crippen LogP contribution in [0.25, 0.3) is 11.0 Å². The number of rotatable bonds is 5. The van der Waals surface area contributed by atoms with Gasteiger partial charge in [-0.15, -0.1) is 5.10 Å². The molecule has 3 heterocycles. The maximum Gasteiger partial charge on any atom is 0.414 e. The second-order valence-corrected chi connectivity index (χ2v) is 8.18. The van der Waals surface area contributed by atoms with E-state index in [-0.39, 0.29) is 30.7 Å². The normalized spacial score (nSPS) is 20.8. The maximum absolute atomic E-state index is 15.1. The number of cyclic esters (lactones) is 1. The van der Waals surface area contributed by atoms with Crippen LogP contribution < -0.4 is 15.1 Å². The Morgan fingerprint density at radius 1 is 1.31 bits per heavy atom. The lowest BCUT2D eigenvalue weighted by atomic mass is 9.97. The zero-order valence-corrected chi connectivity index (χ0v) is 17.5. The van der Waals surface area contributed by atoms with E-state index in [0.717, 1.165) is 29.6 Å². The number of amides is 2. The molecule has 9 nitrogen and oxygen atoms in total. The number of anilines is 2. The molecule has 3 aromatic rings. The molecule has 2 aliphatic rings. The number of halogens is 1. The van der Waals surface area contributed by atoms with Crippen molar-refractivity contribution in [2.75, 3.05) is 36.0 Å². The predicted molar refractivity (Wildman–Crippen MR) is 116 cm³/mol. The number of nitrogens with one attached hydrogen (secondary N) is 2. The number of fused-ring (bicyclic) bond motifs is 1. The number of ether oxygens (including phenoxy) is 1. The molecule has 0 saturated carbocycles. The average molecular weight is 438 g/mol. The summed E-state index contributed by atoms with van der Waals surface area (Å²) in [5.74, 6) is -0.356. The molecule has 2 fully saturated rings. The topological polar surface area (TPSA) is 103 Å². The van der Waals surface area contributed by atoms with Crippen molar-refractivity contribution in [2.45, 2.75) is 25.4 Å². The van der Waals surface area contributed by atoms with Gasteiger partial charge in [-0.2, -0.15) is 0 Å². The minimum Gasteiger partial charge on any atom is -0.442 e. The van der Waals surface area contributed by atoms with Gasteiger partial charge >= 0.3 is 6.09 Å². The number of carbonyl (C=O) groups excluding carboxylic acids is 2. The summed E-state index contributed by atoms with van der Waals surface area (Å²) < 4.78 is 20.3. The molecule has 0 spiro atoms. The summed E-state index contributed by atoms with van der Waals surface area (Å²) in [5, 5.41) is 13.6. The number of carbonyl (C=O) groups is 2. The Bertz CT molecular complexity index is 1180. The first-order valence-corrected chi connectivity index (χ1v) is 10.6. The Kier molecular flexibility index (Phi) is 5.12. The second kappa shape index (κ2) is 8.10. The van der Waals surface area contributed by atoms with Gasteiger partial charge in [-0.25, -0.2) is 9.18 Å². The molecule has 2 atom stereocenters. The Morgan fingerprint density at radius 2 is 2.19 bits per heavy atom. The van der Waals surface area contributed by atoms with Gasteiger partial charge in [0.05, 0.1) is 30.0 Å². The summed E-state index contributed by atoms with van der Waals surface area (Å²) in [5.41, 5.74) is 3.80. The number of aromatic amines is 1. The van der Waals surface area contributed by atoms with E-state index >= 15 is 4.39 Å². The standard InChI is InChI=1S/C22H23FN6O3/c1-13(30)24-10-16-12-29(22(31)32-16)15-5-6-20(18(23)9-15)28-8-7-14(11-28)17-3-2-4-19-21(17)26-27-25-19/h2-6,9,14,16H,7-8,10-12H2,1H3,(H,24,30)(H,25,26,27)/t14?,16-/m0/s1. The van der Waals surface area contributed by atoms with Gasteiger partial charge in [0, 0.05) is 25.9 Å². The van der Waals surface area contributed by atoms with Gasteiger partial charge in [0.25, 0.3) is 0 Å². The average Bonchev–Trinajstić information content (AvgIpc) is 3.51. The molecule has 32 heavy (non-hydrogen) atoms. The number of aromatic nitrogens is 3. The molecular formula is C22H23FN6O3. The number of hydrogen-bond acceptors (Lipinski definition) is 6. The first kappa shape index (κ1) is 20.2. The first-order chi connectivity index (χ1) is 15.5. The zero-order chi connectivity index (χ0) is 22.2. The highest BCUT2D eigenvalue weighted by molar-refractivity contribution is 5.90. The summed E-state index contributed by atoms with van der Waals surface area (Å²) >= 11 is 0. The lowest BCUT2D eigenvalue weighted by Crippen LogP contribution is -2.33. The molecular weight excluding hydrogens is 415 g/mol. The van der Waals surface area contributed by atoms with E-state index in [1.807, 2.05) is 17.0 Å². The smallest absolute Gasteiger partial charge is 0.414 e. The van der Waals surface area contributed by atoms with E-state index < -0.39 is 12.2 Å². The number of nitrogens with zero attached hydrogens (tertiary/aromatic N) is 4. The summed E-state index contributed by atoms with van der Waals surface area (Å²) in [7, 11) is 0. The van der Waals surface area contributed by atoms with Crippen molar-refractivity contribution in [3.63, 3.8) is 0 Å². The number of H-pyrrole nitrogens is 1.